The van der Waals surface area contributed by atoms with Crippen molar-refractivity contribution in [3.8, 4) is 0 Å². The molecule has 1 aromatic rings. The third kappa shape index (κ3) is 4.99. The van der Waals surface area contributed by atoms with E-state index in [4.69, 9.17) is 4.74 Å². The third-order valence-corrected chi connectivity index (χ3v) is 2.51. The Labute approximate surface area is 102 Å². The molecule has 5 nitrogen and oxygen atoms in total. The lowest BCUT2D eigenvalue weighted by Gasteiger charge is -2.17. The van der Waals surface area contributed by atoms with Crippen LogP contribution in [0.3, 0.4) is 0 Å². The molecule has 96 valence electrons. The molecule has 1 rings (SSSR count). The number of nitrogens with zero attached hydrogens (tertiary/aromatic N) is 2. The number of esters is 1. The first-order chi connectivity index (χ1) is 8.13. The predicted octanol–water partition coefficient (Wildman–Crippen LogP) is 1.06. The zero-order valence-corrected chi connectivity index (χ0v) is 10.7. The van der Waals surface area contributed by atoms with Crippen molar-refractivity contribution in [2.24, 2.45) is 5.92 Å². The summed E-state index contributed by atoms with van der Waals surface area (Å²) in [5.41, 5.74) is 0. The van der Waals surface area contributed by atoms with Gasteiger partial charge in [-0.25, -0.2) is 4.98 Å². The van der Waals surface area contributed by atoms with E-state index in [1.807, 2.05) is 24.6 Å². The van der Waals surface area contributed by atoms with Gasteiger partial charge < -0.3 is 14.6 Å². The minimum Gasteiger partial charge on any atom is -0.466 e. The van der Waals surface area contributed by atoms with E-state index < -0.39 is 0 Å². The quantitative estimate of drug-likeness (QED) is 0.723. The normalized spacial score (nSPS) is 14.3. The molecule has 1 N–H and O–H groups in total. The van der Waals surface area contributed by atoms with Crippen LogP contribution in [0.25, 0.3) is 0 Å². The molecule has 17 heavy (non-hydrogen) atoms. The molecule has 2 atom stereocenters. The molecule has 0 saturated heterocycles. The van der Waals surface area contributed by atoms with E-state index in [2.05, 4.69) is 17.2 Å². The van der Waals surface area contributed by atoms with E-state index in [1.165, 1.54) is 0 Å². The molecule has 0 saturated carbocycles. The summed E-state index contributed by atoms with van der Waals surface area (Å²) in [7, 11) is 0. The van der Waals surface area contributed by atoms with Crippen molar-refractivity contribution in [2.45, 2.75) is 33.4 Å². The summed E-state index contributed by atoms with van der Waals surface area (Å²) >= 11 is 0. The van der Waals surface area contributed by atoms with Crippen LogP contribution in [0.1, 0.15) is 20.8 Å². The first kappa shape index (κ1) is 13.7. The summed E-state index contributed by atoms with van der Waals surface area (Å²) in [5, 5.41) is 3.31. The van der Waals surface area contributed by atoms with Gasteiger partial charge in [0.15, 0.2) is 0 Å². The number of hydrogen-bond acceptors (Lipinski definition) is 4. The van der Waals surface area contributed by atoms with Gasteiger partial charge >= 0.3 is 5.97 Å². The summed E-state index contributed by atoms with van der Waals surface area (Å²) in [6.45, 7) is 7.69. The van der Waals surface area contributed by atoms with Gasteiger partial charge in [-0.1, -0.05) is 6.92 Å². The number of carbonyl (C=O) groups is 1. The van der Waals surface area contributed by atoms with Crippen LogP contribution in [0.2, 0.25) is 0 Å². The number of aromatic nitrogens is 2. The van der Waals surface area contributed by atoms with E-state index >= 15 is 0 Å². The number of imidazole rings is 1. The molecule has 0 aliphatic heterocycles. The molecule has 0 aromatic carbocycles. The topological polar surface area (TPSA) is 56.1 Å². The van der Waals surface area contributed by atoms with Gasteiger partial charge in [0.1, 0.15) is 0 Å². The van der Waals surface area contributed by atoms with Crippen LogP contribution in [-0.4, -0.2) is 34.7 Å². The van der Waals surface area contributed by atoms with Crippen molar-refractivity contribution < 1.29 is 9.53 Å². The Morgan fingerprint density at radius 3 is 2.88 bits per heavy atom. The Bertz CT molecular complexity index is 325. The lowest BCUT2D eigenvalue weighted by molar-refractivity contribution is -0.147. The average Bonchev–Trinajstić information content (AvgIpc) is 2.79. The van der Waals surface area contributed by atoms with Gasteiger partial charge in [0, 0.05) is 31.5 Å². The third-order valence-electron chi connectivity index (χ3n) is 2.51. The maximum atomic E-state index is 11.4. The summed E-state index contributed by atoms with van der Waals surface area (Å²) in [6, 6.07) is 0.293. The van der Waals surface area contributed by atoms with E-state index in [-0.39, 0.29) is 11.9 Å². The summed E-state index contributed by atoms with van der Waals surface area (Å²) < 4.78 is 6.95. The van der Waals surface area contributed by atoms with Crippen LogP contribution in [0.4, 0.5) is 0 Å². The molecule has 0 aliphatic rings. The molecule has 0 fully saturated rings. The van der Waals surface area contributed by atoms with Gasteiger partial charge in [-0.2, -0.15) is 0 Å². The van der Waals surface area contributed by atoms with Crippen LogP contribution in [0.15, 0.2) is 18.7 Å². The van der Waals surface area contributed by atoms with Crippen molar-refractivity contribution in [2.75, 3.05) is 13.2 Å². The molecular weight excluding hydrogens is 218 g/mol. The Morgan fingerprint density at radius 2 is 2.29 bits per heavy atom. The fourth-order valence-electron chi connectivity index (χ4n) is 1.52. The van der Waals surface area contributed by atoms with Crippen LogP contribution in [0, 0.1) is 5.92 Å². The van der Waals surface area contributed by atoms with Gasteiger partial charge in [-0.05, 0) is 13.8 Å². The number of nitrogens with one attached hydrogen (secondary N) is 1. The molecular formula is C12H21N3O2. The second-order valence-electron chi connectivity index (χ2n) is 4.22. The van der Waals surface area contributed by atoms with Gasteiger partial charge in [0.25, 0.3) is 0 Å². The average molecular weight is 239 g/mol. The first-order valence-electron chi connectivity index (χ1n) is 5.99. The largest absolute Gasteiger partial charge is 0.466 e. The molecule has 0 radical (unpaired) electrons. The molecule has 0 bridgehead atoms. The van der Waals surface area contributed by atoms with Crippen molar-refractivity contribution in [3.63, 3.8) is 0 Å². The fourth-order valence-corrected chi connectivity index (χ4v) is 1.52. The fraction of sp³-hybridized carbons (Fsp3) is 0.667. The highest BCUT2D eigenvalue weighted by molar-refractivity contribution is 5.72. The molecule has 0 aliphatic carbocycles. The lowest BCUT2D eigenvalue weighted by Crippen LogP contribution is -2.36. The zero-order chi connectivity index (χ0) is 12.7. The van der Waals surface area contributed by atoms with Crippen LogP contribution in [-0.2, 0) is 16.1 Å². The van der Waals surface area contributed by atoms with E-state index in [9.17, 15) is 4.79 Å². The number of hydrogen-bond donors (Lipinski definition) is 1. The molecule has 1 heterocycles. The molecule has 0 spiro atoms. The van der Waals surface area contributed by atoms with Crippen LogP contribution < -0.4 is 5.32 Å². The Hall–Kier alpha value is -1.36. The summed E-state index contributed by atoms with van der Waals surface area (Å²) in [4.78, 5) is 15.4. The van der Waals surface area contributed by atoms with Crippen molar-refractivity contribution in [3.05, 3.63) is 18.7 Å². The number of rotatable bonds is 7. The monoisotopic (exact) mass is 239 g/mol. The van der Waals surface area contributed by atoms with Gasteiger partial charge in [-0.3, -0.25) is 4.79 Å². The van der Waals surface area contributed by atoms with E-state index in [1.54, 1.807) is 12.5 Å². The second kappa shape index (κ2) is 7.06. The Kier molecular flexibility index (Phi) is 5.69. The van der Waals surface area contributed by atoms with Gasteiger partial charge in [0.2, 0.25) is 0 Å². The van der Waals surface area contributed by atoms with E-state index in [0.29, 0.717) is 19.2 Å². The summed E-state index contributed by atoms with van der Waals surface area (Å²) in [6.07, 6.45) is 5.47. The molecule has 2 unspecified atom stereocenters. The minimum absolute atomic E-state index is 0.111. The number of ether oxygens (including phenoxy) is 1. The van der Waals surface area contributed by atoms with Gasteiger partial charge in [0.05, 0.1) is 18.9 Å². The highest BCUT2D eigenvalue weighted by Crippen LogP contribution is 1.98. The lowest BCUT2D eigenvalue weighted by atomic mass is 10.1. The zero-order valence-electron chi connectivity index (χ0n) is 10.7. The van der Waals surface area contributed by atoms with Crippen LogP contribution in [0.5, 0.6) is 0 Å². The van der Waals surface area contributed by atoms with Gasteiger partial charge in [-0.15, -0.1) is 0 Å². The smallest absolute Gasteiger partial charge is 0.309 e. The Balaban J connectivity index is 2.23. The van der Waals surface area contributed by atoms with Crippen molar-refractivity contribution in [1.29, 1.82) is 0 Å². The highest BCUT2D eigenvalue weighted by atomic mass is 16.5. The molecule has 1 aromatic heterocycles. The number of carbonyl (C=O) groups excluding carboxylic acids is 1. The maximum absolute atomic E-state index is 11.4. The highest BCUT2D eigenvalue weighted by Gasteiger charge is 2.14. The van der Waals surface area contributed by atoms with Crippen molar-refractivity contribution in [1.82, 2.24) is 14.9 Å². The SMILES string of the molecule is CCOC(=O)C(C)CNC(C)Cn1ccnc1. The molecule has 5 heteroatoms. The minimum atomic E-state index is -0.144. The maximum Gasteiger partial charge on any atom is 0.309 e. The Morgan fingerprint density at radius 1 is 1.53 bits per heavy atom. The first-order valence-corrected chi connectivity index (χ1v) is 5.99. The summed E-state index contributed by atoms with van der Waals surface area (Å²) in [5.74, 6) is -0.255. The standard InChI is InChI=1S/C12H21N3O2/c1-4-17-12(16)10(2)7-14-11(3)8-15-6-5-13-9-15/h5-6,9-11,14H,4,7-8H2,1-3H3. The van der Waals surface area contributed by atoms with E-state index in [0.717, 1.165) is 6.54 Å². The van der Waals surface area contributed by atoms with Crippen LogP contribution >= 0.6 is 0 Å². The second-order valence-corrected chi connectivity index (χ2v) is 4.22. The predicted molar refractivity (Wildman–Crippen MR) is 65.5 cm³/mol. The van der Waals surface area contributed by atoms with Crippen molar-refractivity contribution >= 4 is 5.97 Å². The molecule has 0 amide bonds.